The van der Waals surface area contributed by atoms with Crippen molar-refractivity contribution in [1.82, 2.24) is 0 Å². The SMILES string of the molecule is CC1CCN(c2ccc(N(Cc3ccccc3)C(=O)O)cc2C(=O)c2ccc(Cl)cc2)CC1. The van der Waals surface area contributed by atoms with E-state index in [9.17, 15) is 14.7 Å². The third-order valence-corrected chi connectivity index (χ3v) is 6.43. The van der Waals surface area contributed by atoms with Crippen LogP contribution in [0.4, 0.5) is 16.2 Å². The zero-order chi connectivity index (χ0) is 23.4. The van der Waals surface area contributed by atoms with Crippen LogP contribution in [0.1, 0.15) is 41.3 Å². The zero-order valence-electron chi connectivity index (χ0n) is 18.6. The monoisotopic (exact) mass is 462 g/mol. The number of hydrogen-bond donors (Lipinski definition) is 1. The van der Waals surface area contributed by atoms with Crippen molar-refractivity contribution in [3.63, 3.8) is 0 Å². The van der Waals surface area contributed by atoms with Gasteiger partial charge in [-0.15, -0.1) is 0 Å². The van der Waals surface area contributed by atoms with Gasteiger partial charge in [-0.3, -0.25) is 9.69 Å². The van der Waals surface area contributed by atoms with Crippen LogP contribution in [0.25, 0.3) is 0 Å². The van der Waals surface area contributed by atoms with Gasteiger partial charge < -0.3 is 10.0 Å². The largest absolute Gasteiger partial charge is 0.465 e. The molecule has 1 saturated heterocycles. The van der Waals surface area contributed by atoms with Crippen molar-refractivity contribution in [3.8, 4) is 0 Å². The molecule has 4 rings (SSSR count). The van der Waals surface area contributed by atoms with Crippen LogP contribution in [-0.4, -0.2) is 30.1 Å². The Kier molecular flexibility index (Phi) is 6.99. The first-order chi connectivity index (χ1) is 15.9. The molecule has 0 aromatic heterocycles. The van der Waals surface area contributed by atoms with Crippen LogP contribution >= 0.6 is 11.6 Å². The minimum Gasteiger partial charge on any atom is -0.465 e. The summed E-state index contributed by atoms with van der Waals surface area (Å²) in [6.07, 6.45) is 1.06. The normalized spacial score (nSPS) is 14.2. The van der Waals surface area contributed by atoms with Gasteiger partial charge in [-0.1, -0.05) is 48.9 Å². The molecule has 1 aliphatic heterocycles. The van der Waals surface area contributed by atoms with Crippen molar-refractivity contribution in [3.05, 3.63) is 94.5 Å². The van der Waals surface area contributed by atoms with Crippen molar-refractivity contribution in [2.75, 3.05) is 22.9 Å². The summed E-state index contributed by atoms with van der Waals surface area (Å²) in [5.41, 5.74) is 3.21. The third-order valence-electron chi connectivity index (χ3n) is 6.18. The van der Waals surface area contributed by atoms with E-state index in [1.807, 2.05) is 36.4 Å². The van der Waals surface area contributed by atoms with Crippen LogP contribution in [-0.2, 0) is 6.54 Å². The first kappa shape index (κ1) is 22.9. The van der Waals surface area contributed by atoms with E-state index in [1.165, 1.54) is 4.90 Å². The Morgan fingerprint density at radius 3 is 2.30 bits per heavy atom. The molecule has 0 radical (unpaired) electrons. The smallest absolute Gasteiger partial charge is 0.412 e. The molecule has 0 saturated carbocycles. The van der Waals surface area contributed by atoms with Gasteiger partial charge >= 0.3 is 6.09 Å². The molecular weight excluding hydrogens is 436 g/mol. The predicted molar refractivity (Wildman–Crippen MR) is 133 cm³/mol. The lowest BCUT2D eigenvalue weighted by molar-refractivity contribution is 0.103. The summed E-state index contributed by atoms with van der Waals surface area (Å²) in [6.45, 7) is 4.18. The number of carbonyl (C=O) groups is 2. The number of amides is 1. The first-order valence-corrected chi connectivity index (χ1v) is 11.5. The van der Waals surface area contributed by atoms with Crippen molar-refractivity contribution in [2.45, 2.75) is 26.3 Å². The number of piperidine rings is 1. The molecule has 3 aromatic carbocycles. The molecule has 1 N–H and O–H groups in total. The summed E-state index contributed by atoms with van der Waals surface area (Å²) < 4.78 is 0. The second kappa shape index (κ2) is 10.1. The van der Waals surface area contributed by atoms with Gasteiger partial charge in [0.2, 0.25) is 0 Å². The lowest BCUT2D eigenvalue weighted by Crippen LogP contribution is -2.34. The van der Waals surface area contributed by atoms with E-state index in [0.29, 0.717) is 27.8 Å². The molecule has 3 aromatic rings. The lowest BCUT2D eigenvalue weighted by Gasteiger charge is -2.34. The number of ketones is 1. The van der Waals surface area contributed by atoms with E-state index in [2.05, 4.69) is 11.8 Å². The maximum absolute atomic E-state index is 13.6. The van der Waals surface area contributed by atoms with E-state index < -0.39 is 6.09 Å². The standard InChI is InChI=1S/C27H27ClN2O3/c1-19-13-15-29(16-14-19)25-12-11-23(30(27(32)33)18-20-5-3-2-4-6-20)17-24(25)26(31)21-7-9-22(28)10-8-21/h2-12,17,19H,13-16,18H2,1H3,(H,32,33). The molecule has 1 heterocycles. The molecule has 33 heavy (non-hydrogen) atoms. The molecule has 170 valence electrons. The second-order valence-corrected chi connectivity index (χ2v) is 9.00. The Morgan fingerprint density at radius 1 is 1.00 bits per heavy atom. The molecule has 0 unspecified atom stereocenters. The highest BCUT2D eigenvalue weighted by molar-refractivity contribution is 6.30. The minimum atomic E-state index is -1.07. The summed E-state index contributed by atoms with van der Waals surface area (Å²) in [7, 11) is 0. The fourth-order valence-corrected chi connectivity index (χ4v) is 4.32. The molecule has 0 aliphatic carbocycles. The van der Waals surface area contributed by atoms with Crippen molar-refractivity contribution >= 4 is 34.9 Å². The number of halogens is 1. The molecular formula is C27H27ClN2O3. The molecule has 1 amide bonds. The fourth-order valence-electron chi connectivity index (χ4n) is 4.19. The zero-order valence-corrected chi connectivity index (χ0v) is 19.3. The third kappa shape index (κ3) is 5.37. The molecule has 6 heteroatoms. The number of nitrogens with zero attached hydrogens (tertiary/aromatic N) is 2. The Balaban J connectivity index is 1.74. The molecule has 1 aliphatic rings. The number of benzene rings is 3. The van der Waals surface area contributed by atoms with E-state index >= 15 is 0 Å². The van der Waals surface area contributed by atoms with Gasteiger partial charge in [0, 0.05) is 40.6 Å². The lowest BCUT2D eigenvalue weighted by atomic mass is 9.95. The van der Waals surface area contributed by atoms with E-state index in [0.717, 1.165) is 37.2 Å². The molecule has 0 atom stereocenters. The van der Waals surface area contributed by atoms with Gasteiger partial charge in [0.05, 0.1) is 6.54 Å². The van der Waals surface area contributed by atoms with Crippen molar-refractivity contribution in [1.29, 1.82) is 0 Å². The maximum atomic E-state index is 13.6. The highest BCUT2D eigenvalue weighted by Crippen LogP contribution is 2.32. The van der Waals surface area contributed by atoms with Crippen LogP contribution < -0.4 is 9.80 Å². The highest BCUT2D eigenvalue weighted by atomic mass is 35.5. The second-order valence-electron chi connectivity index (χ2n) is 8.56. The highest BCUT2D eigenvalue weighted by Gasteiger charge is 2.24. The van der Waals surface area contributed by atoms with Crippen LogP contribution in [0.15, 0.2) is 72.8 Å². The Morgan fingerprint density at radius 2 is 1.67 bits per heavy atom. The van der Waals surface area contributed by atoms with Gasteiger partial charge in [-0.25, -0.2) is 4.79 Å². The molecule has 5 nitrogen and oxygen atoms in total. The van der Waals surface area contributed by atoms with Crippen molar-refractivity contribution in [2.24, 2.45) is 5.92 Å². The number of carbonyl (C=O) groups excluding carboxylic acids is 1. The topological polar surface area (TPSA) is 60.9 Å². The minimum absolute atomic E-state index is 0.146. The van der Waals surface area contributed by atoms with Crippen LogP contribution in [0.3, 0.4) is 0 Å². The number of hydrogen-bond acceptors (Lipinski definition) is 3. The quantitative estimate of drug-likeness (QED) is 0.425. The first-order valence-electron chi connectivity index (χ1n) is 11.2. The fraction of sp³-hybridized carbons (Fsp3) is 0.259. The molecule has 1 fully saturated rings. The van der Waals surface area contributed by atoms with E-state index in [1.54, 1.807) is 36.4 Å². The summed E-state index contributed by atoms with van der Waals surface area (Å²) in [4.78, 5) is 29.2. The van der Waals surface area contributed by atoms with Gasteiger partial charge in [0.25, 0.3) is 0 Å². The molecule has 0 bridgehead atoms. The number of anilines is 2. The average molecular weight is 463 g/mol. The van der Waals surface area contributed by atoms with Crippen LogP contribution in [0, 0.1) is 5.92 Å². The maximum Gasteiger partial charge on any atom is 0.412 e. The van der Waals surface area contributed by atoms with Gasteiger partial charge in [0.1, 0.15) is 0 Å². The van der Waals surface area contributed by atoms with Gasteiger partial charge in [-0.05, 0) is 66.8 Å². The molecule has 0 spiro atoms. The number of carboxylic acid groups (broad SMARTS) is 1. The van der Waals surface area contributed by atoms with Crippen LogP contribution in [0.5, 0.6) is 0 Å². The predicted octanol–water partition coefficient (Wildman–Crippen LogP) is 6.49. The van der Waals surface area contributed by atoms with E-state index in [4.69, 9.17) is 11.6 Å². The van der Waals surface area contributed by atoms with Gasteiger partial charge in [0.15, 0.2) is 5.78 Å². The van der Waals surface area contributed by atoms with Crippen molar-refractivity contribution < 1.29 is 14.7 Å². The average Bonchev–Trinajstić information content (AvgIpc) is 2.83. The summed E-state index contributed by atoms with van der Waals surface area (Å²) in [5.74, 6) is 0.511. The summed E-state index contributed by atoms with van der Waals surface area (Å²) in [5, 5.41) is 10.5. The Bertz CT molecular complexity index is 1120. The van der Waals surface area contributed by atoms with E-state index in [-0.39, 0.29) is 12.3 Å². The summed E-state index contributed by atoms with van der Waals surface area (Å²) >= 11 is 6.02. The number of rotatable bonds is 6. The van der Waals surface area contributed by atoms with Gasteiger partial charge in [-0.2, -0.15) is 0 Å². The van der Waals surface area contributed by atoms with Crippen LogP contribution in [0.2, 0.25) is 5.02 Å². The summed E-state index contributed by atoms with van der Waals surface area (Å²) in [6, 6.07) is 21.6. The Hall–Kier alpha value is -3.31. The Labute approximate surface area is 199 Å².